The monoisotopic (exact) mass is 265 g/mol. The van der Waals surface area contributed by atoms with Gasteiger partial charge in [0.05, 0.1) is 11.7 Å². The number of hydrogen-bond acceptors (Lipinski definition) is 2. The molecule has 1 unspecified atom stereocenters. The first kappa shape index (κ1) is 13.7. The summed E-state index contributed by atoms with van der Waals surface area (Å²) in [6, 6.07) is 5.16. The molecule has 19 heavy (non-hydrogen) atoms. The molecule has 0 saturated carbocycles. The number of rotatable bonds is 5. The van der Waals surface area contributed by atoms with Crippen LogP contribution in [0.5, 0.6) is 0 Å². The van der Waals surface area contributed by atoms with Gasteiger partial charge in [-0.1, -0.05) is 6.92 Å². The first-order chi connectivity index (χ1) is 9.11. The van der Waals surface area contributed by atoms with E-state index in [-0.39, 0.29) is 6.04 Å². The molecule has 2 aromatic rings. The molecule has 0 radical (unpaired) electrons. The van der Waals surface area contributed by atoms with Crippen molar-refractivity contribution >= 4 is 0 Å². The number of hydrogen-bond donors (Lipinski definition) is 1. The highest BCUT2D eigenvalue weighted by Crippen LogP contribution is 2.23. The van der Waals surface area contributed by atoms with E-state index in [9.17, 15) is 8.78 Å². The van der Waals surface area contributed by atoms with Crippen LogP contribution >= 0.6 is 0 Å². The van der Waals surface area contributed by atoms with Gasteiger partial charge in [0.1, 0.15) is 11.6 Å². The molecule has 0 saturated heterocycles. The number of aromatic nitrogens is 2. The highest BCUT2D eigenvalue weighted by atomic mass is 19.1. The summed E-state index contributed by atoms with van der Waals surface area (Å²) < 4.78 is 28.4. The second kappa shape index (κ2) is 5.93. The predicted octanol–water partition coefficient (Wildman–Crippen LogP) is 2.79. The van der Waals surface area contributed by atoms with Gasteiger partial charge in [-0.2, -0.15) is 5.10 Å². The van der Waals surface area contributed by atoms with E-state index in [0.29, 0.717) is 5.56 Å². The molecule has 1 aromatic carbocycles. The van der Waals surface area contributed by atoms with Gasteiger partial charge in [-0.15, -0.1) is 0 Å². The lowest BCUT2D eigenvalue weighted by Crippen LogP contribution is -2.25. The molecule has 1 atom stereocenters. The van der Waals surface area contributed by atoms with Crippen molar-refractivity contribution in [1.82, 2.24) is 15.1 Å². The smallest absolute Gasteiger partial charge is 0.126 e. The minimum atomic E-state index is -0.569. The van der Waals surface area contributed by atoms with Crippen molar-refractivity contribution in [3.8, 4) is 0 Å². The fourth-order valence-corrected chi connectivity index (χ4v) is 2.09. The average Bonchev–Trinajstić information content (AvgIpc) is 2.75. The maximum Gasteiger partial charge on any atom is 0.126 e. The lowest BCUT2D eigenvalue weighted by atomic mass is 10.0. The van der Waals surface area contributed by atoms with Crippen LogP contribution in [0.15, 0.2) is 30.5 Å². The fraction of sp³-hybridized carbons (Fsp3) is 0.357. The molecule has 5 heteroatoms. The molecular formula is C14H17F2N3. The topological polar surface area (TPSA) is 29.9 Å². The third kappa shape index (κ3) is 3.17. The normalized spacial score (nSPS) is 12.6. The molecule has 0 spiro atoms. The van der Waals surface area contributed by atoms with Gasteiger partial charge < -0.3 is 5.32 Å². The van der Waals surface area contributed by atoms with Crippen molar-refractivity contribution in [3.63, 3.8) is 0 Å². The van der Waals surface area contributed by atoms with Gasteiger partial charge in [0.25, 0.3) is 0 Å². The molecule has 0 bridgehead atoms. The van der Waals surface area contributed by atoms with E-state index in [1.165, 1.54) is 12.1 Å². The number of halogens is 2. The van der Waals surface area contributed by atoms with Crippen LogP contribution in [0.4, 0.5) is 8.78 Å². The van der Waals surface area contributed by atoms with Crippen LogP contribution in [-0.4, -0.2) is 16.3 Å². The molecule has 1 heterocycles. The summed E-state index contributed by atoms with van der Waals surface area (Å²) in [6.07, 6.45) is 2.61. The Labute approximate surface area is 111 Å². The van der Waals surface area contributed by atoms with Gasteiger partial charge in [0.15, 0.2) is 0 Å². The Morgan fingerprint density at radius 2 is 1.95 bits per heavy atom. The summed E-state index contributed by atoms with van der Waals surface area (Å²) in [5.41, 5.74) is 1.44. The van der Waals surface area contributed by atoms with Crippen LogP contribution in [0.25, 0.3) is 0 Å². The van der Waals surface area contributed by atoms with E-state index in [1.54, 1.807) is 10.9 Å². The van der Waals surface area contributed by atoms with Crippen LogP contribution in [0.3, 0.4) is 0 Å². The zero-order chi connectivity index (χ0) is 13.8. The molecule has 0 aliphatic rings. The van der Waals surface area contributed by atoms with Crippen molar-refractivity contribution in [3.05, 3.63) is 53.4 Å². The lowest BCUT2D eigenvalue weighted by Gasteiger charge is -2.19. The Morgan fingerprint density at radius 3 is 2.47 bits per heavy atom. The third-order valence-electron chi connectivity index (χ3n) is 2.97. The summed E-state index contributed by atoms with van der Waals surface area (Å²) in [4.78, 5) is 0. The van der Waals surface area contributed by atoms with Gasteiger partial charge in [-0.25, -0.2) is 8.78 Å². The summed E-state index contributed by atoms with van der Waals surface area (Å²) in [7, 11) is 1.81. The van der Waals surface area contributed by atoms with Crippen molar-refractivity contribution in [2.75, 3.05) is 6.54 Å². The molecule has 102 valence electrons. The molecule has 0 amide bonds. The van der Waals surface area contributed by atoms with E-state index in [4.69, 9.17) is 0 Å². The zero-order valence-electron chi connectivity index (χ0n) is 11.0. The molecular weight excluding hydrogens is 248 g/mol. The van der Waals surface area contributed by atoms with Crippen molar-refractivity contribution in [2.45, 2.75) is 19.4 Å². The molecule has 3 nitrogen and oxygen atoms in total. The summed E-state index contributed by atoms with van der Waals surface area (Å²) in [5, 5.41) is 7.39. The highest BCUT2D eigenvalue weighted by molar-refractivity contribution is 5.28. The number of nitrogens with one attached hydrogen (secondary N) is 1. The quantitative estimate of drug-likeness (QED) is 0.901. The number of nitrogens with zero attached hydrogens (tertiary/aromatic N) is 2. The van der Waals surface area contributed by atoms with Gasteiger partial charge in [-0.05, 0) is 36.7 Å². The Balaban J connectivity index is 2.39. The molecule has 1 N–H and O–H groups in total. The van der Waals surface area contributed by atoms with Crippen molar-refractivity contribution in [1.29, 1.82) is 0 Å². The van der Waals surface area contributed by atoms with E-state index < -0.39 is 11.6 Å². The van der Waals surface area contributed by atoms with Crippen LogP contribution in [-0.2, 0) is 7.05 Å². The number of benzene rings is 1. The second-order valence-corrected chi connectivity index (χ2v) is 4.47. The van der Waals surface area contributed by atoms with Crippen molar-refractivity contribution in [2.24, 2.45) is 7.05 Å². The Kier molecular flexibility index (Phi) is 4.27. The van der Waals surface area contributed by atoms with E-state index >= 15 is 0 Å². The van der Waals surface area contributed by atoms with E-state index in [1.807, 2.05) is 20.0 Å². The minimum Gasteiger partial charge on any atom is -0.305 e. The van der Waals surface area contributed by atoms with Gasteiger partial charge >= 0.3 is 0 Å². The van der Waals surface area contributed by atoms with Gasteiger partial charge in [-0.3, -0.25) is 4.68 Å². The zero-order valence-corrected chi connectivity index (χ0v) is 11.0. The third-order valence-corrected chi connectivity index (χ3v) is 2.97. The average molecular weight is 265 g/mol. The van der Waals surface area contributed by atoms with Crippen LogP contribution in [0.1, 0.15) is 30.6 Å². The highest BCUT2D eigenvalue weighted by Gasteiger charge is 2.18. The largest absolute Gasteiger partial charge is 0.305 e. The molecule has 1 aromatic heterocycles. The minimum absolute atomic E-state index is 0.266. The van der Waals surface area contributed by atoms with E-state index in [0.717, 1.165) is 24.7 Å². The van der Waals surface area contributed by atoms with Gasteiger partial charge in [0, 0.05) is 19.3 Å². The lowest BCUT2D eigenvalue weighted by molar-refractivity contribution is 0.536. The maximum absolute atomic E-state index is 13.4. The molecule has 0 aliphatic carbocycles. The standard InChI is InChI=1S/C14H17F2N3/c1-3-5-17-14(13-4-6-18-19(13)2)10-7-11(15)9-12(16)8-10/h4,6-9,14,17H,3,5H2,1-2H3. The maximum atomic E-state index is 13.4. The summed E-state index contributed by atoms with van der Waals surface area (Å²) >= 11 is 0. The van der Waals surface area contributed by atoms with Crippen LogP contribution in [0, 0.1) is 11.6 Å². The molecule has 0 fully saturated rings. The summed E-state index contributed by atoms with van der Waals surface area (Å²) in [6.45, 7) is 2.80. The Bertz CT molecular complexity index is 531. The van der Waals surface area contributed by atoms with Crippen LogP contribution in [0.2, 0.25) is 0 Å². The van der Waals surface area contributed by atoms with Crippen LogP contribution < -0.4 is 5.32 Å². The predicted molar refractivity (Wildman–Crippen MR) is 69.7 cm³/mol. The fourth-order valence-electron chi connectivity index (χ4n) is 2.09. The Hall–Kier alpha value is -1.75. The first-order valence-corrected chi connectivity index (χ1v) is 6.29. The molecule has 0 aliphatic heterocycles. The van der Waals surface area contributed by atoms with E-state index in [2.05, 4.69) is 10.4 Å². The van der Waals surface area contributed by atoms with Gasteiger partial charge in [0.2, 0.25) is 0 Å². The molecule has 2 rings (SSSR count). The first-order valence-electron chi connectivity index (χ1n) is 6.29. The number of aryl methyl sites for hydroxylation is 1. The second-order valence-electron chi connectivity index (χ2n) is 4.47. The summed E-state index contributed by atoms with van der Waals surface area (Å²) in [5.74, 6) is -1.14. The Morgan fingerprint density at radius 1 is 1.26 bits per heavy atom. The SMILES string of the molecule is CCCNC(c1cc(F)cc(F)c1)c1ccnn1C. The van der Waals surface area contributed by atoms with Crippen molar-refractivity contribution < 1.29 is 8.78 Å².